The molecule has 1 aliphatic carbocycles. The third kappa shape index (κ3) is 4.07. The summed E-state index contributed by atoms with van der Waals surface area (Å²) >= 11 is 1.21. The highest BCUT2D eigenvalue weighted by molar-refractivity contribution is 8.14. The van der Waals surface area contributed by atoms with E-state index < -0.39 is 48.2 Å². The van der Waals surface area contributed by atoms with E-state index in [0.717, 1.165) is 12.4 Å². The Labute approximate surface area is 192 Å². The zero-order valence-corrected chi connectivity index (χ0v) is 18.8. The number of carbonyl (C=O) groups excluding carboxylic acids is 1. The Morgan fingerprint density at radius 2 is 2.00 bits per heavy atom. The number of alkyl halides is 3. The molecule has 1 spiro atoms. The summed E-state index contributed by atoms with van der Waals surface area (Å²) in [6.45, 7) is 2.36. The largest absolute Gasteiger partial charge is 0.445 e. The molecule has 4 rings (SSSR count). The molecule has 11 heteroatoms. The van der Waals surface area contributed by atoms with Crippen molar-refractivity contribution in [3.8, 4) is 5.88 Å². The topological polar surface area (TPSA) is 90.5 Å². The number of hydrogen-bond donors (Lipinski definition) is 1. The van der Waals surface area contributed by atoms with Crippen LogP contribution in [0.2, 0.25) is 0 Å². The van der Waals surface area contributed by atoms with Gasteiger partial charge in [0.05, 0.1) is 17.9 Å². The highest BCUT2D eigenvalue weighted by atomic mass is 32.2. The van der Waals surface area contributed by atoms with Crippen LogP contribution < -0.4 is 10.5 Å². The van der Waals surface area contributed by atoms with Gasteiger partial charge >= 0.3 is 0 Å². The van der Waals surface area contributed by atoms with Crippen molar-refractivity contribution in [3.63, 3.8) is 0 Å². The monoisotopic (exact) mass is 482 g/mol. The van der Waals surface area contributed by atoms with Gasteiger partial charge in [-0.25, -0.2) is 27.5 Å². The number of hydrogen-bond acceptors (Lipinski definition) is 7. The Morgan fingerprint density at radius 3 is 2.61 bits per heavy atom. The molecule has 1 aromatic carbocycles. The summed E-state index contributed by atoms with van der Waals surface area (Å²) in [6.07, 6.45) is 1.31. The van der Waals surface area contributed by atoms with Crippen LogP contribution in [-0.4, -0.2) is 39.0 Å². The fraction of sp³-hybridized carbons (Fsp3) is 0.455. The molecule has 2 aromatic rings. The zero-order chi connectivity index (χ0) is 24.0. The number of amidine groups is 1. The van der Waals surface area contributed by atoms with Gasteiger partial charge in [0.2, 0.25) is 18.7 Å². The predicted octanol–water partition coefficient (Wildman–Crippen LogP) is 4.43. The smallest absolute Gasteiger partial charge is 0.249 e. The van der Waals surface area contributed by atoms with Gasteiger partial charge < -0.3 is 10.5 Å². The van der Waals surface area contributed by atoms with E-state index in [4.69, 9.17) is 5.73 Å². The van der Waals surface area contributed by atoms with Gasteiger partial charge in [-0.3, -0.25) is 9.79 Å². The summed E-state index contributed by atoms with van der Waals surface area (Å²) in [7, 11) is 0. The Hall–Kier alpha value is -2.69. The Morgan fingerprint density at radius 1 is 1.27 bits per heavy atom. The molecule has 1 saturated carbocycles. The van der Waals surface area contributed by atoms with Crippen LogP contribution in [0, 0.1) is 11.2 Å². The van der Waals surface area contributed by atoms with Gasteiger partial charge in [-0.05, 0) is 24.6 Å². The van der Waals surface area contributed by atoms with Crippen LogP contribution in [0.25, 0.3) is 0 Å². The van der Waals surface area contributed by atoms with E-state index in [9.17, 15) is 18.0 Å². The molecule has 2 atom stereocenters. The number of rotatable bonds is 6. The van der Waals surface area contributed by atoms with Gasteiger partial charge in [0, 0.05) is 35.5 Å². The van der Waals surface area contributed by atoms with Gasteiger partial charge in [-0.1, -0.05) is 24.8 Å². The maximum absolute atomic E-state index is 15.1. The SMILES string of the molecule is C[C@H]1SC(N)=N[C@](C)(c2cc(CC(=O)c3cnc(OCF)cn3)ccc2F)C12CC(F)(F)C2. The van der Waals surface area contributed by atoms with Gasteiger partial charge in [-0.15, -0.1) is 0 Å². The molecule has 176 valence electrons. The average Bonchev–Trinajstić information content (AvgIpc) is 2.72. The highest BCUT2D eigenvalue weighted by Crippen LogP contribution is 2.67. The fourth-order valence-corrected chi connectivity index (χ4v) is 6.02. The van der Waals surface area contributed by atoms with Crippen LogP contribution in [0.1, 0.15) is 48.3 Å². The quantitative estimate of drug-likeness (QED) is 0.484. The number of aliphatic imine (C=N–C) groups is 1. The molecule has 0 unspecified atom stereocenters. The van der Waals surface area contributed by atoms with Crippen LogP contribution >= 0.6 is 11.8 Å². The summed E-state index contributed by atoms with van der Waals surface area (Å²) < 4.78 is 59.9. The van der Waals surface area contributed by atoms with E-state index in [2.05, 4.69) is 19.7 Å². The summed E-state index contributed by atoms with van der Waals surface area (Å²) in [5.74, 6) is -3.92. The standard InChI is InChI=1S/C22H22F4N4O2S/c1-12-21(9-22(25,26)10-21)20(2,30-19(27)33-12)14-5-13(3-4-15(14)24)6-17(31)16-7-29-18(8-28-16)32-11-23/h3-5,7-8,12H,6,9-11H2,1-2H3,(H2,27,30)/t12-,20-/m1/s1. The Balaban J connectivity index is 1.66. The molecule has 2 heterocycles. The maximum Gasteiger partial charge on any atom is 0.249 e. The van der Waals surface area contributed by atoms with Crippen LogP contribution in [0.15, 0.2) is 35.6 Å². The van der Waals surface area contributed by atoms with Gasteiger partial charge in [-0.2, -0.15) is 0 Å². The van der Waals surface area contributed by atoms with E-state index in [1.165, 1.54) is 30.0 Å². The minimum Gasteiger partial charge on any atom is -0.445 e. The van der Waals surface area contributed by atoms with Crippen molar-refractivity contribution in [1.82, 2.24) is 9.97 Å². The first-order valence-electron chi connectivity index (χ1n) is 10.2. The maximum atomic E-state index is 15.1. The molecule has 0 radical (unpaired) electrons. The molecule has 33 heavy (non-hydrogen) atoms. The van der Waals surface area contributed by atoms with E-state index in [1.54, 1.807) is 13.8 Å². The first-order valence-corrected chi connectivity index (χ1v) is 11.1. The van der Waals surface area contributed by atoms with Crippen molar-refractivity contribution in [2.24, 2.45) is 16.1 Å². The van der Waals surface area contributed by atoms with Crippen LogP contribution in [-0.2, 0) is 12.0 Å². The van der Waals surface area contributed by atoms with Crippen molar-refractivity contribution >= 4 is 22.7 Å². The lowest BCUT2D eigenvalue weighted by molar-refractivity contribution is -0.187. The number of halogens is 4. The molecule has 0 saturated heterocycles. The summed E-state index contributed by atoms with van der Waals surface area (Å²) in [6, 6.07) is 4.14. The van der Waals surface area contributed by atoms with E-state index >= 15 is 4.39 Å². The molecular formula is C22H22F4N4O2S. The lowest BCUT2D eigenvalue weighted by Gasteiger charge is -2.60. The minimum absolute atomic E-state index is 0.0263. The lowest BCUT2D eigenvalue weighted by atomic mass is 9.52. The van der Waals surface area contributed by atoms with Crippen LogP contribution in [0.4, 0.5) is 17.6 Å². The second kappa shape index (κ2) is 8.27. The Kier molecular flexibility index (Phi) is 5.88. The number of nitrogens with two attached hydrogens (primary N) is 1. The van der Waals surface area contributed by atoms with E-state index in [-0.39, 0.29) is 34.0 Å². The molecule has 2 N–H and O–H groups in total. The molecule has 0 bridgehead atoms. The molecular weight excluding hydrogens is 460 g/mol. The number of ether oxygens (including phenoxy) is 1. The van der Waals surface area contributed by atoms with Gasteiger partial charge in [0.25, 0.3) is 0 Å². The highest BCUT2D eigenvalue weighted by Gasteiger charge is 2.69. The van der Waals surface area contributed by atoms with E-state index in [1.807, 2.05) is 0 Å². The second-order valence-electron chi connectivity index (χ2n) is 8.56. The number of aromatic nitrogens is 2. The number of carbonyl (C=O) groups is 1. The summed E-state index contributed by atoms with van der Waals surface area (Å²) in [5, 5.41) is -0.0952. The average molecular weight is 483 g/mol. The molecule has 1 aliphatic heterocycles. The van der Waals surface area contributed by atoms with E-state index in [0.29, 0.717) is 5.56 Å². The van der Waals surface area contributed by atoms with Gasteiger partial charge in [0.1, 0.15) is 11.5 Å². The number of thioether (sulfide) groups is 1. The van der Waals surface area contributed by atoms with Crippen molar-refractivity contribution in [2.75, 3.05) is 6.86 Å². The summed E-state index contributed by atoms with van der Waals surface area (Å²) in [5.41, 5.74) is 4.29. The normalized spacial score (nSPS) is 25.3. The molecule has 1 fully saturated rings. The molecule has 2 aliphatic rings. The molecule has 1 aromatic heterocycles. The van der Waals surface area contributed by atoms with Crippen LogP contribution in [0.3, 0.4) is 0 Å². The number of ketones is 1. The third-order valence-corrected chi connectivity index (χ3v) is 7.70. The molecule has 0 amide bonds. The third-order valence-electron chi connectivity index (χ3n) is 6.56. The first kappa shape index (κ1) is 23.5. The Bertz CT molecular complexity index is 1100. The zero-order valence-electron chi connectivity index (χ0n) is 17.9. The lowest BCUT2D eigenvalue weighted by Crippen LogP contribution is -2.63. The fourth-order valence-electron chi connectivity index (χ4n) is 4.80. The minimum atomic E-state index is -2.85. The predicted molar refractivity (Wildman–Crippen MR) is 116 cm³/mol. The van der Waals surface area contributed by atoms with Crippen LogP contribution in [0.5, 0.6) is 5.88 Å². The van der Waals surface area contributed by atoms with Gasteiger partial charge in [0.15, 0.2) is 11.0 Å². The van der Waals surface area contributed by atoms with Crippen molar-refractivity contribution < 1.29 is 27.1 Å². The number of nitrogens with zero attached hydrogens (tertiary/aromatic N) is 3. The van der Waals surface area contributed by atoms with Crippen molar-refractivity contribution in [2.45, 2.75) is 49.8 Å². The second-order valence-corrected chi connectivity index (χ2v) is 9.92. The first-order chi connectivity index (χ1) is 15.5. The molecule has 6 nitrogen and oxygen atoms in total. The van der Waals surface area contributed by atoms with Crippen molar-refractivity contribution in [3.05, 3.63) is 53.2 Å². The summed E-state index contributed by atoms with van der Waals surface area (Å²) in [4.78, 5) is 24.9. The number of Topliss-reactive ketones (excluding diaryl/α,β-unsaturated/α-hetero) is 1. The van der Waals surface area contributed by atoms with Crippen molar-refractivity contribution in [1.29, 1.82) is 0 Å². The number of benzene rings is 1.